The fraction of sp³-hybridized carbons (Fsp3) is 0.440. The molecule has 1 saturated heterocycles. The summed E-state index contributed by atoms with van der Waals surface area (Å²) in [6.45, 7) is 8.61. The summed E-state index contributed by atoms with van der Waals surface area (Å²) < 4.78 is 32.0. The van der Waals surface area contributed by atoms with Gasteiger partial charge >= 0.3 is 0 Å². The lowest BCUT2D eigenvalue weighted by atomic mass is 10.1. The Labute approximate surface area is 215 Å². The average molecular weight is 536 g/mol. The highest BCUT2D eigenvalue weighted by Gasteiger charge is 2.24. The number of amides is 1. The van der Waals surface area contributed by atoms with Gasteiger partial charge < -0.3 is 4.74 Å². The number of fused-ring (bicyclic) bond motifs is 1. The number of nitrogens with zero attached hydrogens (tertiary/aromatic N) is 3. The Morgan fingerprint density at radius 1 is 1.14 bits per heavy atom. The molecule has 0 saturated carbocycles. The Morgan fingerprint density at radius 3 is 2.57 bits per heavy atom. The van der Waals surface area contributed by atoms with Gasteiger partial charge in [-0.1, -0.05) is 29.0 Å². The highest BCUT2D eigenvalue weighted by Crippen LogP contribution is 2.32. The van der Waals surface area contributed by atoms with Crippen LogP contribution in [0.1, 0.15) is 24.0 Å². The zero-order chi connectivity index (χ0) is 25.0. The van der Waals surface area contributed by atoms with Gasteiger partial charge in [-0.25, -0.2) is 13.4 Å². The molecule has 0 radical (unpaired) electrons. The topological polar surface area (TPSA) is 79.8 Å². The molecule has 2 heterocycles. The van der Waals surface area contributed by atoms with Gasteiger partial charge in [-0.15, -0.1) is 0 Å². The summed E-state index contributed by atoms with van der Waals surface area (Å²) in [6.07, 6.45) is 0.653. The minimum Gasteiger partial charge on any atom is -0.379 e. The number of sulfone groups is 1. The van der Waals surface area contributed by atoms with E-state index >= 15 is 0 Å². The molecule has 1 fully saturated rings. The molecule has 0 atom stereocenters. The molecule has 0 N–H and O–H groups in total. The molecule has 0 spiro atoms. The third-order valence-electron chi connectivity index (χ3n) is 6.32. The van der Waals surface area contributed by atoms with Crippen molar-refractivity contribution in [3.05, 3.63) is 52.5 Å². The van der Waals surface area contributed by atoms with Gasteiger partial charge in [0.2, 0.25) is 5.91 Å². The lowest BCUT2D eigenvalue weighted by Gasteiger charge is -2.27. The van der Waals surface area contributed by atoms with Crippen LogP contribution in [0, 0.1) is 13.8 Å². The molecule has 10 heteroatoms. The van der Waals surface area contributed by atoms with Gasteiger partial charge in [0.1, 0.15) is 0 Å². The van der Waals surface area contributed by atoms with Crippen LogP contribution in [-0.4, -0.2) is 69.4 Å². The minimum atomic E-state index is -3.61. The molecule has 2 aromatic carbocycles. The zero-order valence-corrected chi connectivity index (χ0v) is 22.4. The Balaban J connectivity index is 1.51. The second-order valence-corrected chi connectivity index (χ2v) is 12.3. The number of carbonyl (C=O) groups is 1. The first-order valence-electron chi connectivity index (χ1n) is 11.7. The number of hydrogen-bond acceptors (Lipinski definition) is 7. The van der Waals surface area contributed by atoms with Gasteiger partial charge in [0.25, 0.3) is 0 Å². The van der Waals surface area contributed by atoms with Crippen molar-refractivity contribution in [3.8, 4) is 0 Å². The van der Waals surface area contributed by atoms with E-state index in [2.05, 4.69) is 11.0 Å². The Kier molecular flexibility index (Phi) is 8.44. The van der Waals surface area contributed by atoms with Crippen LogP contribution in [0.15, 0.2) is 41.3 Å². The number of ether oxygens (including phenoxy) is 1. The molecule has 1 aliphatic heterocycles. The van der Waals surface area contributed by atoms with Crippen LogP contribution in [0.2, 0.25) is 5.02 Å². The van der Waals surface area contributed by atoms with Gasteiger partial charge in [-0.2, -0.15) is 0 Å². The summed E-state index contributed by atoms with van der Waals surface area (Å²) >= 11 is 7.36. The van der Waals surface area contributed by atoms with Gasteiger partial charge in [0.15, 0.2) is 15.0 Å². The molecule has 188 valence electrons. The van der Waals surface area contributed by atoms with Crippen molar-refractivity contribution in [2.24, 2.45) is 0 Å². The van der Waals surface area contributed by atoms with Crippen molar-refractivity contribution in [2.75, 3.05) is 50.0 Å². The van der Waals surface area contributed by atoms with E-state index in [1.165, 1.54) is 23.5 Å². The number of carbonyl (C=O) groups excluding carboxylic acids is 1. The molecular weight excluding hydrogens is 506 g/mol. The number of benzene rings is 2. The summed E-state index contributed by atoms with van der Waals surface area (Å²) in [6, 6.07) is 10.1. The first-order valence-corrected chi connectivity index (χ1v) is 14.5. The van der Waals surface area contributed by atoms with E-state index < -0.39 is 9.84 Å². The minimum absolute atomic E-state index is 0.115. The maximum absolute atomic E-state index is 13.4. The van der Waals surface area contributed by atoms with Gasteiger partial charge in [-0.3, -0.25) is 14.6 Å². The maximum Gasteiger partial charge on any atom is 0.229 e. The monoisotopic (exact) mass is 535 g/mol. The smallest absolute Gasteiger partial charge is 0.229 e. The molecule has 0 aliphatic carbocycles. The second kappa shape index (κ2) is 11.3. The third kappa shape index (κ3) is 6.40. The van der Waals surface area contributed by atoms with Crippen LogP contribution < -0.4 is 4.90 Å². The first kappa shape index (κ1) is 26.0. The first-order chi connectivity index (χ1) is 16.7. The van der Waals surface area contributed by atoms with Crippen molar-refractivity contribution in [1.29, 1.82) is 0 Å². The summed E-state index contributed by atoms with van der Waals surface area (Å²) in [5.74, 6) is -0.505. The summed E-state index contributed by atoms with van der Waals surface area (Å²) in [7, 11) is -3.61. The van der Waals surface area contributed by atoms with Crippen molar-refractivity contribution in [2.45, 2.75) is 31.6 Å². The Bertz CT molecular complexity index is 1290. The second-order valence-electron chi connectivity index (χ2n) is 8.73. The largest absolute Gasteiger partial charge is 0.379 e. The molecule has 1 aromatic heterocycles. The normalized spacial score (nSPS) is 14.9. The van der Waals surface area contributed by atoms with E-state index in [9.17, 15) is 13.2 Å². The lowest BCUT2D eigenvalue weighted by molar-refractivity contribution is -0.118. The summed E-state index contributed by atoms with van der Waals surface area (Å²) in [5, 5.41) is 1.08. The van der Waals surface area contributed by atoms with E-state index in [-0.39, 0.29) is 23.0 Å². The Morgan fingerprint density at radius 2 is 1.86 bits per heavy atom. The summed E-state index contributed by atoms with van der Waals surface area (Å²) in [5.41, 5.74) is 3.13. The molecule has 3 aromatic rings. The van der Waals surface area contributed by atoms with Gasteiger partial charge in [0, 0.05) is 37.6 Å². The van der Waals surface area contributed by atoms with Gasteiger partial charge in [-0.05, 0) is 61.7 Å². The number of aryl methyl sites for hydroxylation is 2. The van der Waals surface area contributed by atoms with E-state index in [0.717, 1.165) is 60.6 Å². The number of halogens is 1. The molecule has 4 rings (SSSR count). The molecular formula is C25H30ClN3O4S2. The summed E-state index contributed by atoms with van der Waals surface area (Å²) in [4.78, 5) is 22.3. The number of aromatic nitrogens is 1. The number of morpholine rings is 1. The fourth-order valence-corrected chi connectivity index (χ4v) is 6.47. The van der Waals surface area contributed by atoms with Crippen LogP contribution in [0.25, 0.3) is 10.2 Å². The zero-order valence-electron chi connectivity index (χ0n) is 20.0. The average Bonchev–Trinajstić information content (AvgIpc) is 3.28. The quantitative estimate of drug-likeness (QED) is 0.402. The van der Waals surface area contributed by atoms with Crippen molar-refractivity contribution < 1.29 is 17.9 Å². The third-order valence-corrected chi connectivity index (χ3v) is 9.35. The van der Waals surface area contributed by atoms with Crippen LogP contribution >= 0.6 is 22.9 Å². The molecule has 35 heavy (non-hydrogen) atoms. The van der Waals surface area contributed by atoms with E-state index in [1.807, 2.05) is 19.9 Å². The molecule has 7 nitrogen and oxygen atoms in total. The molecule has 1 aliphatic rings. The van der Waals surface area contributed by atoms with E-state index in [4.69, 9.17) is 21.3 Å². The highest BCUT2D eigenvalue weighted by atomic mass is 35.5. The van der Waals surface area contributed by atoms with E-state index in [1.54, 1.807) is 17.0 Å². The van der Waals surface area contributed by atoms with Crippen molar-refractivity contribution >= 4 is 54.0 Å². The van der Waals surface area contributed by atoms with Gasteiger partial charge in [0.05, 0.1) is 34.1 Å². The Hall–Kier alpha value is -2.04. The molecule has 1 amide bonds. The molecule has 0 bridgehead atoms. The van der Waals surface area contributed by atoms with Crippen LogP contribution in [0.3, 0.4) is 0 Å². The maximum atomic E-state index is 13.4. The predicted molar refractivity (Wildman–Crippen MR) is 141 cm³/mol. The van der Waals surface area contributed by atoms with Crippen LogP contribution in [0.5, 0.6) is 0 Å². The number of hydrogen-bond donors (Lipinski definition) is 0. The predicted octanol–water partition coefficient (Wildman–Crippen LogP) is 4.49. The van der Waals surface area contributed by atoms with Crippen LogP contribution in [0.4, 0.5) is 5.13 Å². The standard InChI is InChI=1S/C25H30ClN3O4S2/c1-18-4-9-22-24(19(18)2)27-25(34-22)29(12-3-11-28-13-15-33-16-14-28)23(30)10-17-35(31,32)21-7-5-20(26)6-8-21/h4-9H,3,10-17H2,1-2H3. The highest BCUT2D eigenvalue weighted by molar-refractivity contribution is 7.91. The van der Waals surface area contributed by atoms with Crippen LogP contribution in [-0.2, 0) is 19.4 Å². The van der Waals surface area contributed by atoms with Crippen molar-refractivity contribution in [3.63, 3.8) is 0 Å². The SMILES string of the molecule is Cc1ccc2sc(N(CCCN3CCOCC3)C(=O)CCS(=O)(=O)c3ccc(Cl)cc3)nc2c1C. The fourth-order valence-electron chi connectivity index (χ4n) is 4.05. The number of rotatable bonds is 9. The molecule has 0 unspecified atom stereocenters. The lowest BCUT2D eigenvalue weighted by Crippen LogP contribution is -2.39. The number of anilines is 1. The van der Waals surface area contributed by atoms with Crippen molar-refractivity contribution in [1.82, 2.24) is 9.88 Å². The van der Waals surface area contributed by atoms with E-state index in [0.29, 0.717) is 16.7 Å². The number of thiazole rings is 1.